The number of carbonyl (C=O) groups excluding carboxylic acids is 1. The molecule has 1 aliphatic heterocycles. The number of hydrogen-bond acceptors (Lipinski definition) is 5. The summed E-state index contributed by atoms with van der Waals surface area (Å²) in [5, 5.41) is 0. The molecule has 0 aliphatic carbocycles. The van der Waals surface area contributed by atoms with Crippen LogP contribution in [0, 0.1) is 12.7 Å². The third-order valence-corrected chi connectivity index (χ3v) is 6.11. The van der Waals surface area contributed by atoms with Crippen LogP contribution in [0.15, 0.2) is 35.4 Å². The van der Waals surface area contributed by atoms with Crippen LogP contribution in [0.1, 0.15) is 40.8 Å². The van der Waals surface area contributed by atoms with Gasteiger partial charge in [0.25, 0.3) is 5.91 Å². The number of amides is 1. The summed E-state index contributed by atoms with van der Waals surface area (Å²) in [4.78, 5) is 19.7. The quantitative estimate of drug-likeness (QED) is 0.886. The molecule has 9 heteroatoms. The summed E-state index contributed by atoms with van der Waals surface area (Å²) in [7, 11) is -3.80. The molecule has 2 heterocycles. The second-order valence-electron chi connectivity index (χ2n) is 5.82. The minimum absolute atomic E-state index is 0.0197. The van der Waals surface area contributed by atoms with Crippen LogP contribution < -0.4 is 5.73 Å². The molecule has 0 radical (unpaired) electrons. The summed E-state index contributed by atoms with van der Waals surface area (Å²) in [6, 6.07) is 4.17. The van der Waals surface area contributed by atoms with Gasteiger partial charge in [-0.2, -0.15) is 4.31 Å². The van der Waals surface area contributed by atoms with E-state index < -0.39 is 27.8 Å². The number of nitrogens with two attached hydrogens (primary N) is 1. The Morgan fingerprint density at radius 2 is 2.00 bits per heavy atom. The first-order valence-corrected chi connectivity index (χ1v) is 9.15. The van der Waals surface area contributed by atoms with Gasteiger partial charge >= 0.3 is 0 Å². The first-order valence-electron chi connectivity index (χ1n) is 7.71. The maximum absolute atomic E-state index is 13.1. The summed E-state index contributed by atoms with van der Waals surface area (Å²) in [6.07, 6.45) is 2.54. The summed E-state index contributed by atoms with van der Waals surface area (Å²) in [5.41, 5.74) is 5.86. The SMILES string of the molecule is Cc1nc(C2CCCN2S(=O)(=O)c2ccc(F)cc2)ncc1C(N)=O. The second kappa shape index (κ2) is 6.49. The topological polar surface area (TPSA) is 106 Å². The van der Waals surface area contributed by atoms with E-state index in [2.05, 4.69) is 9.97 Å². The fourth-order valence-electron chi connectivity index (χ4n) is 2.92. The first-order chi connectivity index (χ1) is 11.8. The van der Waals surface area contributed by atoms with Crippen molar-refractivity contribution < 1.29 is 17.6 Å². The zero-order valence-electron chi connectivity index (χ0n) is 13.5. The van der Waals surface area contributed by atoms with Crippen molar-refractivity contribution in [2.24, 2.45) is 5.73 Å². The molecular weight excluding hydrogens is 347 g/mol. The number of hydrogen-bond donors (Lipinski definition) is 1. The number of carbonyl (C=O) groups is 1. The number of nitrogens with zero attached hydrogens (tertiary/aromatic N) is 3. The zero-order chi connectivity index (χ0) is 18.2. The molecule has 1 aromatic heterocycles. The van der Waals surface area contributed by atoms with Crippen LogP contribution in [0.2, 0.25) is 0 Å². The molecule has 2 aromatic rings. The fourth-order valence-corrected chi connectivity index (χ4v) is 4.57. The Bertz CT molecular complexity index is 915. The van der Waals surface area contributed by atoms with Crippen molar-refractivity contribution in [3.8, 4) is 0 Å². The fraction of sp³-hybridized carbons (Fsp3) is 0.312. The highest BCUT2D eigenvalue weighted by atomic mass is 32.2. The van der Waals surface area contributed by atoms with E-state index in [-0.39, 0.29) is 10.5 Å². The molecule has 1 atom stereocenters. The molecular formula is C16H17FN4O3S. The number of sulfonamides is 1. The van der Waals surface area contributed by atoms with E-state index in [9.17, 15) is 17.6 Å². The molecule has 1 amide bonds. The second-order valence-corrected chi connectivity index (χ2v) is 7.71. The molecule has 2 N–H and O–H groups in total. The van der Waals surface area contributed by atoms with Gasteiger partial charge in [-0.25, -0.2) is 22.8 Å². The van der Waals surface area contributed by atoms with Gasteiger partial charge in [0.1, 0.15) is 11.6 Å². The van der Waals surface area contributed by atoms with Crippen LogP contribution >= 0.6 is 0 Å². The third kappa shape index (κ3) is 3.24. The van der Waals surface area contributed by atoms with E-state index in [0.717, 1.165) is 12.1 Å². The van der Waals surface area contributed by atoms with Crippen molar-refractivity contribution in [1.82, 2.24) is 14.3 Å². The summed E-state index contributed by atoms with van der Waals surface area (Å²) >= 11 is 0. The van der Waals surface area contributed by atoms with Crippen molar-refractivity contribution in [2.75, 3.05) is 6.54 Å². The van der Waals surface area contributed by atoms with Gasteiger partial charge in [-0.05, 0) is 44.0 Å². The smallest absolute Gasteiger partial charge is 0.252 e. The highest BCUT2D eigenvalue weighted by Crippen LogP contribution is 2.35. The van der Waals surface area contributed by atoms with Crippen molar-refractivity contribution in [1.29, 1.82) is 0 Å². The van der Waals surface area contributed by atoms with E-state index in [0.29, 0.717) is 30.9 Å². The van der Waals surface area contributed by atoms with Crippen molar-refractivity contribution in [2.45, 2.75) is 30.7 Å². The molecule has 0 saturated carbocycles. The lowest BCUT2D eigenvalue weighted by molar-refractivity contribution is 0.0998. The molecule has 0 bridgehead atoms. The summed E-state index contributed by atoms with van der Waals surface area (Å²) < 4.78 is 40.1. The van der Waals surface area contributed by atoms with Gasteiger partial charge in [0.15, 0.2) is 0 Å². The van der Waals surface area contributed by atoms with E-state index in [1.807, 2.05) is 0 Å². The standard InChI is InChI=1S/C16H17FN4O3S/c1-10-13(15(18)22)9-19-16(20-10)14-3-2-8-21(14)25(23,24)12-6-4-11(17)5-7-12/h4-7,9,14H,2-3,8H2,1H3,(H2,18,22). The number of aromatic nitrogens is 2. The van der Waals surface area contributed by atoms with Gasteiger partial charge in [-0.1, -0.05) is 0 Å². The molecule has 7 nitrogen and oxygen atoms in total. The molecule has 1 fully saturated rings. The van der Waals surface area contributed by atoms with Gasteiger partial charge in [0.2, 0.25) is 10.0 Å². The predicted molar refractivity (Wildman–Crippen MR) is 87.6 cm³/mol. The lowest BCUT2D eigenvalue weighted by Crippen LogP contribution is -2.32. The molecule has 1 aromatic carbocycles. The minimum atomic E-state index is -3.80. The maximum atomic E-state index is 13.1. The Balaban J connectivity index is 1.96. The number of benzene rings is 1. The average molecular weight is 364 g/mol. The van der Waals surface area contributed by atoms with Crippen molar-refractivity contribution >= 4 is 15.9 Å². The van der Waals surface area contributed by atoms with Crippen LogP contribution in [0.5, 0.6) is 0 Å². The Morgan fingerprint density at radius 3 is 2.60 bits per heavy atom. The van der Waals surface area contributed by atoms with Crippen LogP contribution in [-0.2, 0) is 10.0 Å². The molecule has 132 valence electrons. The molecule has 1 aliphatic rings. The van der Waals surface area contributed by atoms with Gasteiger partial charge in [-0.3, -0.25) is 4.79 Å². The van der Waals surface area contributed by atoms with Crippen LogP contribution in [0.25, 0.3) is 0 Å². The van der Waals surface area contributed by atoms with Crippen molar-refractivity contribution in [3.05, 3.63) is 53.4 Å². The van der Waals surface area contributed by atoms with Gasteiger partial charge < -0.3 is 5.73 Å². The van der Waals surface area contributed by atoms with Crippen LogP contribution in [0.4, 0.5) is 4.39 Å². The predicted octanol–water partition coefficient (Wildman–Crippen LogP) is 1.55. The monoisotopic (exact) mass is 364 g/mol. The van der Waals surface area contributed by atoms with E-state index >= 15 is 0 Å². The Labute approximate surface area is 144 Å². The van der Waals surface area contributed by atoms with Gasteiger partial charge in [0.05, 0.1) is 22.2 Å². The van der Waals surface area contributed by atoms with Crippen LogP contribution in [-0.4, -0.2) is 35.1 Å². The Hall–Kier alpha value is -2.39. The average Bonchev–Trinajstić information content (AvgIpc) is 3.05. The van der Waals surface area contributed by atoms with E-state index in [4.69, 9.17) is 5.73 Å². The Kier molecular flexibility index (Phi) is 4.53. The normalized spacial score (nSPS) is 18.4. The lowest BCUT2D eigenvalue weighted by Gasteiger charge is -2.23. The summed E-state index contributed by atoms with van der Waals surface area (Å²) in [6.45, 7) is 1.95. The van der Waals surface area contributed by atoms with Crippen LogP contribution in [0.3, 0.4) is 0 Å². The van der Waals surface area contributed by atoms with E-state index in [1.54, 1.807) is 6.92 Å². The van der Waals surface area contributed by atoms with Gasteiger partial charge in [-0.15, -0.1) is 0 Å². The van der Waals surface area contributed by atoms with Gasteiger partial charge in [0, 0.05) is 12.7 Å². The minimum Gasteiger partial charge on any atom is -0.365 e. The largest absolute Gasteiger partial charge is 0.365 e. The van der Waals surface area contributed by atoms with Crippen molar-refractivity contribution in [3.63, 3.8) is 0 Å². The number of primary amides is 1. The lowest BCUT2D eigenvalue weighted by atomic mass is 10.2. The number of aryl methyl sites for hydroxylation is 1. The Morgan fingerprint density at radius 1 is 1.32 bits per heavy atom. The molecule has 0 spiro atoms. The van der Waals surface area contributed by atoms with E-state index in [1.165, 1.54) is 22.6 Å². The number of rotatable bonds is 4. The highest BCUT2D eigenvalue weighted by Gasteiger charge is 2.38. The third-order valence-electron chi connectivity index (χ3n) is 4.19. The highest BCUT2D eigenvalue weighted by molar-refractivity contribution is 7.89. The molecule has 25 heavy (non-hydrogen) atoms. The maximum Gasteiger partial charge on any atom is 0.252 e. The first kappa shape index (κ1) is 17.4. The number of halogens is 1. The molecule has 3 rings (SSSR count). The zero-order valence-corrected chi connectivity index (χ0v) is 14.3. The molecule has 1 saturated heterocycles. The molecule has 1 unspecified atom stereocenters. The summed E-state index contributed by atoms with van der Waals surface area (Å²) in [5.74, 6) is -0.810.